The summed E-state index contributed by atoms with van der Waals surface area (Å²) < 4.78 is 40.4. The second-order valence-electron chi connectivity index (χ2n) is 8.63. The van der Waals surface area contributed by atoms with Gasteiger partial charge in [-0.1, -0.05) is 30.3 Å². The first-order valence-electron chi connectivity index (χ1n) is 10.6. The number of carbonyl (C=O) groups is 1. The van der Waals surface area contributed by atoms with Crippen molar-refractivity contribution in [1.82, 2.24) is 4.90 Å². The summed E-state index contributed by atoms with van der Waals surface area (Å²) in [4.78, 5) is 15.0. The molecule has 0 bridgehead atoms. The van der Waals surface area contributed by atoms with Gasteiger partial charge in [0.05, 0.1) is 0 Å². The molecule has 1 heterocycles. The molecule has 0 aromatic heterocycles. The maximum Gasteiger partial charge on any atom is 0.259 e. The molecule has 31 heavy (non-hydrogen) atoms. The molecule has 4 nitrogen and oxygen atoms in total. The second-order valence-corrected chi connectivity index (χ2v) is 8.63. The average molecular weight is 435 g/mol. The predicted octanol–water partition coefficient (Wildman–Crippen LogP) is 4.04. The van der Waals surface area contributed by atoms with Crippen LogP contribution in [0.2, 0.25) is 0 Å². The summed E-state index contributed by atoms with van der Waals surface area (Å²) in [5.74, 6) is -3.50. The van der Waals surface area contributed by atoms with Gasteiger partial charge in [-0.2, -0.15) is 0 Å². The van der Waals surface area contributed by atoms with Crippen molar-refractivity contribution in [3.8, 4) is 0 Å². The van der Waals surface area contributed by atoms with E-state index in [2.05, 4.69) is 0 Å². The summed E-state index contributed by atoms with van der Waals surface area (Å²) in [6.45, 7) is 3.46. The molecule has 1 amide bonds. The molecule has 7 heteroatoms. The quantitative estimate of drug-likeness (QED) is 0.647. The minimum Gasteiger partial charge on any atom is -0.376 e. The summed E-state index contributed by atoms with van der Waals surface area (Å²) in [6.07, 6.45) is 2.72. The maximum atomic E-state index is 13.9. The van der Waals surface area contributed by atoms with Crippen LogP contribution in [0.15, 0.2) is 42.5 Å². The molecule has 2 aromatic rings. The topological polar surface area (TPSA) is 66.6 Å². The molecule has 2 aromatic carbocycles. The van der Waals surface area contributed by atoms with Crippen LogP contribution in [0.5, 0.6) is 0 Å². The lowest BCUT2D eigenvalue weighted by atomic mass is 9.93. The van der Waals surface area contributed by atoms with Crippen LogP contribution in [0.4, 0.5) is 13.2 Å². The van der Waals surface area contributed by atoms with E-state index in [1.807, 2.05) is 13.0 Å². The number of nitrogens with zero attached hydrogens (tertiary/aromatic N) is 1. The molecule has 168 valence electrons. The number of nitrogens with two attached hydrogens (primary N) is 1. The first-order chi connectivity index (χ1) is 14.6. The zero-order chi connectivity index (χ0) is 22.8. The number of hydrogen-bond donors (Lipinski definition) is 2. The third-order valence-electron chi connectivity index (χ3n) is 6.21. The number of amides is 1. The van der Waals surface area contributed by atoms with Gasteiger partial charge < -0.3 is 15.7 Å². The van der Waals surface area contributed by atoms with E-state index in [1.54, 1.807) is 29.2 Å². The summed E-state index contributed by atoms with van der Waals surface area (Å²) in [5.41, 5.74) is 5.06. The minimum absolute atomic E-state index is 0.0208. The van der Waals surface area contributed by atoms with Crippen LogP contribution >= 0.6 is 0 Å². The van der Waals surface area contributed by atoms with E-state index in [0.29, 0.717) is 24.5 Å². The van der Waals surface area contributed by atoms with Gasteiger partial charge in [0.1, 0.15) is 5.82 Å². The lowest BCUT2D eigenvalue weighted by molar-refractivity contribution is -0.153. The van der Waals surface area contributed by atoms with Crippen molar-refractivity contribution in [2.24, 2.45) is 5.73 Å². The SMILES string of the molecule is CC1CCC(CC[C@H](N)Cc2cc(F)c(F)cc2F)N1C(=O)C(C)(O)c1ccccc1. The Balaban J connectivity index is 1.66. The van der Waals surface area contributed by atoms with Crippen LogP contribution in [0.3, 0.4) is 0 Å². The van der Waals surface area contributed by atoms with E-state index in [0.717, 1.165) is 18.9 Å². The number of benzene rings is 2. The summed E-state index contributed by atoms with van der Waals surface area (Å²) in [7, 11) is 0. The Morgan fingerprint density at radius 1 is 1.16 bits per heavy atom. The lowest BCUT2D eigenvalue weighted by Crippen LogP contribution is -2.50. The number of carbonyl (C=O) groups excluding carboxylic acids is 1. The molecule has 3 rings (SSSR count). The Bertz CT molecular complexity index is 921. The zero-order valence-corrected chi connectivity index (χ0v) is 17.8. The molecule has 4 atom stereocenters. The van der Waals surface area contributed by atoms with Gasteiger partial charge in [0.15, 0.2) is 17.2 Å². The fourth-order valence-electron chi connectivity index (χ4n) is 4.37. The lowest BCUT2D eigenvalue weighted by Gasteiger charge is -2.35. The number of likely N-dealkylation sites (tertiary alicyclic amines) is 1. The molecular formula is C24H29F3N2O2. The molecule has 0 aliphatic carbocycles. The van der Waals surface area contributed by atoms with Gasteiger partial charge in [-0.15, -0.1) is 0 Å². The minimum atomic E-state index is -1.64. The molecular weight excluding hydrogens is 405 g/mol. The van der Waals surface area contributed by atoms with Crippen molar-refractivity contribution < 1.29 is 23.1 Å². The Morgan fingerprint density at radius 3 is 2.48 bits per heavy atom. The third-order valence-corrected chi connectivity index (χ3v) is 6.21. The van der Waals surface area contributed by atoms with E-state index >= 15 is 0 Å². The van der Waals surface area contributed by atoms with Crippen molar-refractivity contribution in [3.05, 3.63) is 71.0 Å². The molecule has 1 fully saturated rings. The van der Waals surface area contributed by atoms with Crippen LogP contribution in [-0.2, 0) is 16.8 Å². The third kappa shape index (κ3) is 5.10. The van der Waals surface area contributed by atoms with E-state index in [-0.39, 0.29) is 30.0 Å². The first-order valence-corrected chi connectivity index (χ1v) is 10.6. The van der Waals surface area contributed by atoms with Gasteiger partial charge in [-0.3, -0.25) is 4.79 Å². The number of halogens is 3. The van der Waals surface area contributed by atoms with E-state index in [1.165, 1.54) is 6.92 Å². The normalized spacial score (nSPS) is 21.7. The van der Waals surface area contributed by atoms with Gasteiger partial charge in [0.25, 0.3) is 5.91 Å². The highest BCUT2D eigenvalue weighted by molar-refractivity contribution is 5.86. The van der Waals surface area contributed by atoms with E-state index < -0.39 is 29.1 Å². The molecule has 1 saturated heterocycles. The Morgan fingerprint density at radius 2 is 1.81 bits per heavy atom. The fraction of sp³-hybridized carbons (Fsp3) is 0.458. The number of aliphatic hydroxyl groups is 1. The highest BCUT2D eigenvalue weighted by Crippen LogP contribution is 2.33. The molecule has 0 radical (unpaired) electrons. The highest BCUT2D eigenvalue weighted by Gasteiger charge is 2.43. The number of rotatable bonds is 7. The Kier molecular flexibility index (Phi) is 7.06. The largest absolute Gasteiger partial charge is 0.376 e. The van der Waals surface area contributed by atoms with Crippen LogP contribution in [0, 0.1) is 17.5 Å². The van der Waals surface area contributed by atoms with E-state index in [9.17, 15) is 23.1 Å². The second kappa shape index (κ2) is 9.40. The van der Waals surface area contributed by atoms with Crippen molar-refractivity contribution in [2.45, 2.75) is 69.7 Å². The molecule has 3 unspecified atom stereocenters. The summed E-state index contributed by atoms with van der Waals surface area (Å²) >= 11 is 0. The van der Waals surface area contributed by atoms with Gasteiger partial charge in [-0.05, 0) is 63.1 Å². The van der Waals surface area contributed by atoms with E-state index in [4.69, 9.17) is 5.73 Å². The van der Waals surface area contributed by atoms with Crippen molar-refractivity contribution >= 4 is 5.91 Å². The van der Waals surface area contributed by atoms with Gasteiger partial charge in [-0.25, -0.2) is 13.2 Å². The molecule has 3 N–H and O–H groups in total. The standard InChI is InChI=1S/C24H29F3N2O2/c1-15-8-10-19(29(15)23(30)24(2,31)17-6-4-3-5-7-17)11-9-18(28)12-16-13-21(26)22(27)14-20(16)25/h3-7,13-15,18-19,31H,8-12,28H2,1-2H3/t15?,18-,19?,24?/m0/s1. The van der Waals surface area contributed by atoms with Gasteiger partial charge in [0, 0.05) is 24.2 Å². The Labute approximate surface area is 180 Å². The zero-order valence-electron chi connectivity index (χ0n) is 17.8. The van der Waals surface area contributed by atoms with Gasteiger partial charge >= 0.3 is 0 Å². The van der Waals surface area contributed by atoms with Crippen molar-refractivity contribution in [2.75, 3.05) is 0 Å². The monoisotopic (exact) mass is 434 g/mol. The average Bonchev–Trinajstić information content (AvgIpc) is 3.10. The first kappa shape index (κ1) is 23.3. The number of hydrogen-bond acceptors (Lipinski definition) is 3. The summed E-state index contributed by atoms with van der Waals surface area (Å²) in [6, 6.07) is 9.60. The summed E-state index contributed by atoms with van der Waals surface area (Å²) in [5, 5.41) is 11.0. The Hall–Kier alpha value is -2.38. The van der Waals surface area contributed by atoms with Crippen LogP contribution < -0.4 is 5.73 Å². The van der Waals surface area contributed by atoms with Crippen LogP contribution in [0.1, 0.15) is 50.7 Å². The molecule has 0 spiro atoms. The van der Waals surface area contributed by atoms with Crippen molar-refractivity contribution in [1.29, 1.82) is 0 Å². The maximum absolute atomic E-state index is 13.9. The fourth-order valence-corrected chi connectivity index (χ4v) is 4.37. The molecule has 0 saturated carbocycles. The molecule has 1 aliphatic rings. The van der Waals surface area contributed by atoms with Crippen molar-refractivity contribution in [3.63, 3.8) is 0 Å². The van der Waals surface area contributed by atoms with Crippen LogP contribution in [-0.4, -0.2) is 34.0 Å². The van der Waals surface area contributed by atoms with Gasteiger partial charge in [0.2, 0.25) is 0 Å². The highest BCUT2D eigenvalue weighted by atomic mass is 19.2. The smallest absolute Gasteiger partial charge is 0.259 e. The molecule has 1 aliphatic heterocycles. The van der Waals surface area contributed by atoms with Crippen LogP contribution in [0.25, 0.3) is 0 Å². The predicted molar refractivity (Wildman–Crippen MR) is 113 cm³/mol.